The molecule has 0 radical (unpaired) electrons. The number of terminal acetylenes is 1. The van der Waals surface area contributed by atoms with Crippen molar-refractivity contribution >= 4 is 6.29 Å². The molecule has 2 heterocycles. The number of rotatable bonds is 19. The van der Waals surface area contributed by atoms with Crippen LogP contribution in [0.4, 0.5) is 0 Å². The smallest absolute Gasteiger partial charge is 0.122 e. The van der Waals surface area contributed by atoms with Crippen LogP contribution in [0.25, 0.3) is 0 Å². The molecular weight excluding hydrogens is 536 g/mol. The summed E-state index contributed by atoms with van der Waals surface area (Å²) in [6, 6.07) is 6.96. The maximum atomic E-state index is 9.96. The minimum atomic E-state index is 0.285. The van der Waals surface area contributed by atoms with E-state index in [1.807, 2.05) is 12.1 Å². The number of phenolic OH excluding ortho intramolecular Hbond substituents is 1. The molecule has 3 rings (SSSR count). The fourth-order valence-electron chi connectivity index (χ4n) is 4.76. The van der Waals surface area contributed by atoms with Gasteiger partial charge >= 0.3 is 0 Å². The molecule has 0 unspecified atom stereocenters. The molecule has 0 bridgehead atoms. The van der Waals surface area contributed by atoms with Crippen molar-refractivity contribution in [2.24, 2.45) is 5.41 Å². The molecule has 1 N–H and O–H groups in total. The van der Waals surface area contributed by atoms with Gasteiger partial charge in [-0.3, -0.25) is 0 Å². The maximum absolute atomic E-state index is 9.96. The van der Waals surface area contributed by atoms with E-state index in [4.69, 9.17) is 30.1 Å². The lowest BCUT2D eigenvalue weighted by atomic mass is 9.72. The fraction of sp³-hybridized carbons (Fsp3) is 0.727. The standard InChI is InChI=1S/C18H28N2O2.C12H20O5.C3H8/c1-19-14-18(15-19)8-11-20(12-9-18)10-2-3-13-22-17-6-4-16(21)5-7-17;1-2-5-14-7-9-16-11-12-17-10-8-15-6-3-4-13;1-3-2/h4-7,21H,2-3,8-15H2,1H3;1,4H,3,5-12H2;3H2,1-2H3. The SMILES string of the molecule is C#CCOCCOCCOCCOCCC=O.CCC.CN1CC2(CCN(CCCCOc3ccc(O)cc3)CC2)C1. The number of hydrogen-bond acceptors (Lipinski definition) is 9. The van der Waals surface area contributed by atoms with Crippen molar-refractivity contribution in [3.8, 4) is 23.8 Å². The van der Waals surface area contributed by atoms with Gasteiger partial charge in [-0.25, -0.2) is 0 Å². The number of carbonyl (C=O) groups is 1. The van der Waals surface area contributed by atoms with Gasteiger partial charge in [-0.05, 0) is 82.0 Å². The second-order valence-corrected chi connectivity index (χ2v) is 10.8. The lowest BCUT2D eigenvalue weighted by Gasteiger charge is -2.53. The van der Waals surface area contributed by atoms with Crippen molar-refractivity contribution in [1.82, 2.24) is 9.80 Å². The predicted octanol–water partition coefficient (Wildman–Crippen LogP) is 4.27. The van der Waals surface area contributed by atoms with Crippen LogP contribution in [0.15, 0.2) is 24.3 Å². The van der Waals surface area contributed by atoms with Crippen molar-refractivity contribution in [1.29, 1.82) is 0 Å². The molecular formula is C33H56N2O7. The van der Waals surface area contributed by atoms with E-state index in [0.29, 0.717) is 64.7 Å². The first-order valence-electron chi connectivity index (χ1n) is 15.5. The van der Waals surface area contributed by atoms with E-state index in [2.05, 4.69) is 36.6 Å². The second kappa shape index (κ2) is 25.3. The normalized spacial score (nSPS) is 15.9. The monoisotopic (exact) mass is 592 g/mol. The van der Waals surface area contributed by atoms with Crippen molar-refractivity contribution in [2.45, 2.75) is 52.4 Å². The van der Waals surface area contributed by atoms with E-state index < -0.39 is 0 Å². The summed E-state index contributed by atoms with van der Waals surface area (Å²) in [6.45, 7) is 15.2. The molecule has 0 atom stereocenters. The number of unbranched alkanes of at least 4 members (excludes halogenated alkanes) is 1. The summed E-state index contributed by atoms with van der Waals surface area (Å²) in [5, 5.41) is 9.22. The summed E-state index contributed by atoms with van der Waals surface area (Å²) < 4.78 is 26.3. The number of hydrogen-bond donors (Lipinski definition) is 1. The van der Waals surface area contributed by atoms with E-state index in [1.165, 1.54) is 58.4 Å². The zero-order chi connectivity index (χ0) is 30.7. The van der Waals surface area contributed by atoms with Crippen LogP contribution in [0.3, 0.4) is 0 Å². The van der Waals surface area contributed by atoms with Gasteiger partial charge in [-0.1, -0.05) is 26.2 Å². The van der Waals surface area contributed by atoms with E-state index in [9.17, 15) is 9.90 Å². The van der Waals surface area contributed by atoms with Crippen molar-refractivity contribution < 1.29 is 33.6 Å². The second-order valence-electron chi connectivity index (χ2n) is 10.8. The summed E-state index contributed by atoms with van der Waals surface area (Å²) in [6.07, 6.45) is 12.6. The summed E-state index contributed by atoms with van der Waals surface area (Å²) in [5.74, 6) is 3.49. The summed E-state index contributed by atoms with van der Waals surface area (Å²) >= 11 is 0. The van der Waals surface area contributed by atoms with E-state index in [1.54, 1.807) is 12.1 Å². The molecule has 2 fully saturated rings. The summed E-state index contributed by atoms with van der Waals surface area (Å²) in [4.78, 5) is 15.0. The van der Waals surface area contributed by atoms with E-state index >= 15 is 0 Å². The molecule has 0 amide bonds. The van der Waals surface area contributed by atoms with E-state index in [0.717, 1.165) is 25.1 Å². The molecule has 42 heavy (non-hydrogen) atoms. The minimum Gasteiger partial charge on any atom is -0.508 e. The molecule has 2 aliphatic rings. The van der Waals surface area contributed by atoms with Crippen LogP contribution >= 0.6 is 0 Å². The van der Waals surface area contributed by atoms with Gasteiger partial charge in [0.05, 0.1) is 52.9 Å². The van der Waals surface area contributed by atoms with Crippen LogP contribution < -0.4 is 4.74 Å². The lowest BCUT2D eigenvalue weighted by molar-refractivity contribution is -0.108. The first-order valence-corrected chi connectivity index (χ1v) is 15.5. The van der Waals surface area contributed by atoms with Gasteiger partial charge in [-0.2, -0.15) is 0 Å². The number of nitrogens with zero attached hydrogens (tertiary/aromatic N) is 2. The van der Waals surface area contributed by atoms with Crippen molar-refractivity contribution in [2.75, 3.05) is 99.2 Å². The van der Waals surface area contributed by atoms with Crippen LogP contribution in [-0.2, 0) is 23.7 Å². The third kappa shape index (κ3) is 19.1. The molecule has 0 aromatic heterocycles. The Balaban J connectivity index is 0.000000397. The van der Waals surface area contributed by atoms with Gasteiger partial charge in [-0.15, -0.1) is 6.42 Å². The first-order chi connectivity index (χ1) is 20.5. The average molecular weight is 593 g/mol. The Morgan fingerprint density at radius 3 is 1.95 bits per heavy atom. The number of aldehydes is 1. The van der Waals surface area contributed by atoms with Crippen molar-refractivity contribution in [3.63, 3.8) is 0 Å². The Hall–Kier alpha value is -2.19. The molecule has 9 heteroatoms. The summed E-state index contributed by atoms with van der Waals surface area (Å²) in [7, 11) is 2.23. The molecule has 1 aromatic carbocycles. The fourth-order valence-corrected chi connectivity index (χ4v) is 4.76. The Morgan fingerprint density at radius 2 is 1.43 bits per heavy atom. The minimum absolute atomic E-state index is 0.285. The van der Waals surface area contributed by atoms with Crippen LogP contribution in [-0.4, -0.2) is 120 Å². The molecule has 9 nitrogen and oxygen atoms in total. The topological polar surface area (TPSA) is 89.9 Å². The van der Waals surface area contributed by atoms with Crippen molar-refractivity contribution in [3.05, 3.63) is 24.3 Å². The number of ether oxygens (including phenoxy) is 5. The highest BCUT2D eigenvalue weighted by Crippen LogP contribution is 2.39. The predicted molar refractivity (Wildman–Crippen MR) is 167 cm³/mol. The zero-order valence-corrected chi connectivity index (χ0v) is 26.4. The molecule has 1 aromatic rings. The molecule has 2 aliphatic heterocycles. The number of aromatic hydroxyl groups is 1. The highest BCUT2D eigenvalue weighted by molar-refractivity contribution is 5.49. The van der Waals surface area contributed by atoms with Gasteiger partial charge in [0.15, 0.2) is 0 Å². The average Bonchev–Trinajstić information content (AvgIpc) is 2.97. The maximum Gasteiger partial charge on any atom is 0.122 e. The van der Waals surface area contributed by atoms with E-state index in [-0.39, 0.29) is 5.75 Å². The highest BCUT2D eigenvalue weighted by atomic mass is 16.6. The third-order valence-corrected chi connectivity index (χ3v) is 6.78. The van der Waals surface area contributed by atoms with Gasteiger partial charge in [0.25, 0.3) is 0 Å². The lowest BCUT2D eigenvalue weighted by Crippen LogP contribution is -2.58. The zero-order valence-electron chi connectivity index (χ0n) is 26.4. The Labute approximate surface area is 254 Å². The van der Waals surface area contributed by atoms with Gasteiger partial charge in [0, 0.05) is 19.5 Å². The van der Waals surface area contributed by atoms with Crippen LogP contribution in [0, 0.1) is 17.8 Å². The Kier molecular flexibility index (Phi) is 22.8. The van der Waals surface area contributed by atoms with Crippen LogP contribution in [0.5, 0.6) is 11.5 Å². The Morgan fingerprint density at radius 1 is 0.881 bits per heavy atom. The molecule has 0 aliphatic carbocycles. The highest BCUT2D eigenvalue weighted by Gasteiger charge is 2.42. The van der Waals surface area contributed by atoms with Gasteiger partial charge in [0.2, 0.25) is 0 Å². The number of phenols is 1. The van der Waals surface area contributed by atoms with Crippen LogP contribution in [0.1, 0.15) is 52.4 Å². The van der Waals surface area contributed by atoms with Gasteiger partial charge < -0.3 is 43.4 Å². The van der Waals surface area contributed by atoms with Gasteiger partial charge in [0.1, 0.15) is 24.4 Å². The molecule has 240 valence electrons. The molecule has 2 saturated heterocycles. The number of carbonyl (C=O) groups excluding carboxylic acids is 1. The number of likely N-dealkylation sites (tertiary alicyclic amines) is 2. The third-order valence-electron chi connectivity index (χ3n) is 6.78. The number of benzene rings is 1. The quantitative estimate of drug-likeness (QED) is 0.144. The molecule has 0 saturated carbocycles. The molecule has 1 spiro atoms. The summed E-state index contributed by atoms with van der Waals surface area (Å²) in [5.41, 5.74) is 0.660. The largest absolute Gasteiger partial charge is 0.508 e. The number of piperidine rings is 1. The van der Waals surface area contributed by atoms with Crippen LogP contribution in [0.2, 0.25) is 0 Å². The Bertz CT molecular complexity index is 800. The first kappa shape index (κ1) is 37.8.